The van der Waals surface area contributed by atoms with Crippen molar-refractivity contribution in [1.29, 1.82) is 5.26 Å². The summed E-state index contributed by atoms with van der Waals surface area (Å²) in [6.45, 7) is 5.43. The summed E-state index contributed by atoms with van der Waals surface area (Å²) in [5, 5.41) is 13.2. The normalized spacial score (nSPS) is 25.0. The molecule has 2 aromatic carbocycles. The van der Waals surface area contributed by atoms with Gasteiger partial charge in [-0.1, -0.05) is 24.3 Å². The van der Waals surface area contributed by atoms with Crippen LogP contribution in [0.4, 0.5) is 0 Å². The summed E-state index contributed by atoms with van der Waals surface area (Å²) < 4.78 is 10.9. The Labute approximate surface area is 188 Å². The molecule has 166 valence electrons. The van der Waals surface area contributed by atoms with Crippen molar-refractivity contribution in [3.05, 3.63) is 64.2 Å². The smallest absolute Gasteiger partial charge is 0.202 e. The van der Waals surface area contributed by atoms with Crippen molar-refractivity contribution < 1.29 is 14.3 Å². The van der Waals surface area contributed by atoms with Crippen LogP contribution in [-0.4, -0.2) is 32.2 Å². The quantitative estimate of drug-likeness (QED) is 0.618. The van der Waals surface area contributed by atoms with Crippen LogP contribution in [0.15, 0.2) is 41.4 Å². The van der Waals surface area contributed by atoms with Gasteiger partial charge in [0.05, 0.1) is 18.3 Å². The van der Waals surface area contributed by atoms with Crippen LogP contribution < -0.4 is 15.5 Å². The fraction of sp³-hybridized carbons (Fsp3) is 0.440. The van der Waals surface area contributed by atoms with Crippen molar-refractivity contribution in [1.82, 2.24) is 10.8 Å². The molecule has 1 saturated carbocycles. The lowest BCUT2D eigenvalue weighted by atomic mass is 9.97. The molecule has 2 aliphatic carbocycles. The van der Waals surface area contributed by atoms with E-state index in [4.69, 9.17) is 19.3 Å². The summed E-state index contributed by atoms with van der Waals surface area (Å²) >= 11 is 0. The number of hydroxylamine groups is 1. The molecule has 0 saturated heterocycles. The lowest BCUT2D eigenvalue weighted by Gasteiger charge is -2.18. The van der Waals surface area contributed by atoms with Gasteiger partial charge in [0.15, 0.2) is 5.84 Å². The van der Waals surface area contributed by atoms with E-state index in [2.05, 4.69) is 35.1 Å². The summed E-state index contributed by atoms with van der Waals surface area (Å²) in [5.41, 5.74) is 8.17. The number of benzene rings is 2. The van der Waals surface area contributed by atoms with Gasteiger partial charge in [-0.2, -0.15) is 5.26 Å². The molecular weight excluding hydrogens is 404 g/mol. The largest absolute Gasteiger partial charge is 0.490 e. The molecule has 0 radical (unpaired) electrons. The maximum atomic E-state index is 9.53. The minimum atomic E-state index is -0.506. The first-order chi connectivity index (χ1) is 15.6. The molecule has 2 aromatic rings. The highest BCUT2D eigenvalue weighted by Crippen LogP contribution is 2.62. The molecule has 5 rings (SSSR count). The van der Waals surface area contributed by atoms with E-state index >= 15 is 0 Å². The second-order valence-electron chi connectivity index (χ2n) is 8.82. The number of ether oxygens (including phenoxy) is 2. The zero-order valence-corrected chi connectivity index (χ0v) is 18.6. The number of rotatable bonds is 8. The van der Waals surface area contributed by atoms with Gasteiger partial charge in [0.1, 0.15) is 11.8 Å². The number of fused-ring (bicyclic) bond motifs is 3. The highest BCUT2D eigenvalue weighted by atomic mass is 16.7. The van der Waals surface area contributed by atoms with Gasteiger partial charge in [-0.15, -0.1) is 0 Å². The third kappa shape index (κ3) is 3.75. The maximum absolute atomic E-state index is 9.53. The number of amidine groups is 1. The number of methoxy groups -OCH3 is 1. The Bertz CT molecular complexity index is 1090. The zero-order valence-electron chi connectivity index (χ0n) is 18.6. The molecule has 1 heterocycles. The number of nitrogens with one attached hydrogen (secondary N) is 2. The molecule has 1 aliphatic heterocycles. The van der Waals surface area contributed by atoms with Gasteiger partial charge in [0.2, 0.25) is 6.23 Å². The van der Waals surface area contributed by atoms with Gasteiger partial charge in [-0.05, 0) is 55.4 Å². The monoisotopic (exact) mass is 432 g/mol. The van der Waals surface area contributed by atoms with E-state index in [0.29, 0.717) is 35.8 Å². The van der Waals surface area contributed by atoms with Gasteiger partial charge < -0.3 is 14.8 Å². The van der Waals surface area contributed by atoms with Crippen molar-refractivity contribution in [3.8, 4) is 11.8 Å². The minimum Gasteiger partial charge on any atom is -0.490 e. The SMILES string of the molecule is COCCNC1c2cccc(C3=NC(c4ccc(OC(C)C)c(C#N)c4)ON3)c2C2CC21. The molecule has 4 atom stereocenters. The molecule has 32 heavy (non-hydrogen) atoms. The summed E-state index contributed by atoms with van der Waals surface area (Å²) in [6.07, 6.45) is 0.698. The van der Waals surface area contributed by atoms with Crippen molar-refractivity contribution >= 4 is 5.84 Å². The van der Waals surface area contributed by atoms with Crippen LogP contribution in [0.3, 0.4) is 0 Å². The molecule has 1 fully saturated rings. The van der Waals surface area contributed by atoms with E-state index in [9.17, 15) is 5.26 Å². The lowest BCUT2D eigenvalue weighted by Crippen LogP contribution is -2.26. The van der Waals surface area contributed by atoms with Crippen LogP contribution in [0.25, 0.3) is 0 Å². The third-order valence-corrected chi connectivity index (χ3v) is 6.32. The summed E-state index contributed by atoms with van der Waals surface area (Å²) in [4.78, 5) is 10.6. The fourth-order valence-electron chi connectivity index (χ4n) is 4.89. The van der Waals surface area contributed by atoms with Crippen LogP contribution in [0.1, 0.15) is 66.3 Å². The van der Waals surface area contributed by atoms with Gasteiger partial charge in [-0.25, -0.2) is 15.3 Å². The second-order valence-corrected chi connectivity index (χ2v) is 8.82. The highest BCUT2D eigenvalue weighted by Gasteiger charge is 2.53. The minimum absolute atomic E-state index is 0.00112. The van der Waals surface area contributed by atoms with E-state index in [1.54, 1.807) is 13.2 Å². The van der Waals surface area contributed by atoms with Gasteiger partial charge in [0, 0.05) is 30.8 Å². The maximum Gasteiger partial charge on any atom is 0.202 e. The molecule has 0 aromatic heterocycles. The van der Waals surface area contributed by atoms with Crippen LogP contribution >= 0.6 is 0 Å². The Kier molecular flexibility index (Phi) is 5.60. The van der Waals surface area contributed by atoms with Crippen molar-refractivity contribution in [3.63, 3.8) is 0 Å². The summed E-state index contributed by atoms with van der Waals surface area (Å²) in [5.74, 6) is 2.54. The topological polar surface area (TPSA) is 87.9 Å². The molecule has 0 amide bonds. The Balaban J connectivity index is 1.40. The van der Waals surface area contributed by atoms with E-state index in [-0.39, 0.29) is 6.10 Å². The van der Waals surface area contributed by atoms with Crippen molar-refractivity contribution in [2.24, 2.45) is 10.9 Å². The molecule has 7 nitrogen and oxygen atoms in total. The first-order valence-electron chi connectivity index (χ1n) is 11.2. The Morgan fingerprint density at radius 2 is 2.19 bits per heavy atom. The average molecular weight is 433 g/mol. The molecule has 7 heteroatoms. The summed E-state index contributed by atoms with van der Waals surface area (Å²) in [7, 11) is 1.73. The van der Waals surface area contributed by atoms with Gasteiger partial charge >= 0.3 is 0 Å². The number of hydrogen-bond acceptors (Lipinski definition) is 7. The molecule has 4 unspecified atom stereocenters. The Morgan fingerprint density at radius 3 is 2.97 bits per heavy atom. The van der Waals surface area contributed by atoms with Gasteiger partial charge in [-0.3, -0.25) is 0 Å². The zero-order chi connectivity index (χ0) is 22.2. The molecule has 3 aliphatic rings. The third-order valence-electron chi connectivity index (χ3n) is 6.32. The van der Waals surface area contributed by atoms with Crippen LogP contribution in [0, 0.1) is 17.2 Å². The molecular formula is C25H28N4O3. The first-order valence-corrected chi connectivity index (χ1v) is 11.2. The van der Waals surface area contributed by atoms with Gasteiger partial charge in [0.25, 0.3) is 0 Å². The number of hydrogen-bond donors (Lipinski definition) is 2. The van der Waals surface area contributed by atoms with E-state index in [1.165, 1.54) is 17.5 Å². The lowest BCUT2D eigenvalue weighted by molar-refractivity contribution is 0.0376. The highest BCUT2D eigenvalue weighted by molar-refractivity contribution is 6.01. The Morgan fingerprint density at radius 1 is 1.31 bits per heavy atom. The van der Waals surface area contributed by atoms with Crippen molar-refractivity contribution in [2.75, 3.05) is 20.3 Å². The van der Waals surface area contributed by atoms with E-state index < -0.39 is 6.23 Å². The Hall–Kier alpha value is -2.92. The van der Waals surface area contributed by atoms with E-state index in [1.807, 2.05) is 26.0 Å². The second kappa shape index (κ2) is 8.55. The van der Waals surface area contributed by atoms with Crippen molar-refractivity contribution in [2.45, 2.75) is 44.6 Å². The predicted molar refractivity (Wildman–Crippen MR) is 120 cm³/mol. The number of nitrogens with zero attached hydrogens (tertiary/aromatic N) is 2. The fourth-order valence-corrected chi connectivity index (χ4v) is 4.89. The number of nitriles is 1. The molecule has 0 bridgehead atoms. The van der Waals surface area contributed by atoms with Crippen LogP contribution in [-0.2, 0) is 9.57 Å². The van der Waals surface area contributed by atoms with Crippen LogP contribution in [0.2, 0.25) is 0 Å². The standard InChI is InChI=1S/C25H28N4O3/c1-14(2)31-21-8-7-15(11-16(21)13-26)25-28-24(29-32-25)18-6-4-5-17-22(18)19-12-20(19)23(17)27-9-10-30-3/h4-8,11,14,19-20,23,25,27H,9-10,12H2,1-3H3,(H,28,29). The van der Waals surface area contributed by atoms with Crippen LogP contribution in [0.5, 0.6) is 5.75 Å². The first kappa shape index (κ1) is 21.0. The molecule has 2 N–H and O–H groups in total. The predicted octanol–water partition coefficient (Wildman–Crippen LogP) is 3.72. The number of aliphatic imine (C=N–C) groups is 1. The summed E-state index contributed by atoms with van der Waals surface area (Å²) in [6, 6.07) is 14.5. The van der Waals surface area contributed by atoms with E-state index in [0.717, 1.165) is 23.5 Å². The molecule has 0 spiro atoms. The average Bonchev–Trinajstić information content (AvgIpc) is 3.29.